The van der Waals surface area contributed by atoms with Crippen LogP contribution in [0.3, 0.4) is 0 Å². The van der Waals surface area contributed by atoms with Gasteiger partial charge in [-0.1, -0.05) is 26.8 Å². The highest BCUT2D eigenvalue weighted by Crippen LogP contribution is 2.17. The molecule has 1 amide bonds. The first-order chi connectivity index (χ1) is 10.2. The molecule has 0 radical (unpaired) electrons. The standard InChI is InChI=1S/C15H25N3O3S/c1-4-8-22(20,21)18-13-7-5-6-12(10-13)17-15(19)14(16)9-11(2)3/h5-7,10-11,14,18H,4,8-9,16H2,1-3H3,(H,17,19)/t14-/m0/s1. The lowest BCUT2D eigenvalue weighted by Gasteiger charge is -2.15. The Labute approximate surface area is 132 Å². The van der Waals surface area contributed by atoms with E-state index in [2.05, 4.69) is 10.0 Å². The summed E-state index contributed by atoms with van der Waals surface area (Å²) < 4.78 is 26.0. The van der Waals surface area contributed by atoms with Gasteiger partial charge >= 0.3 is 0 Å². The van der Waals surface area contributed by atoms with Gasteiger partial charge in [0.25, 0.3) is 0 Å². The van der Waals surface area contributed by atoms with Gasteiger partial charge in [-0.15, -0.1) is 0 Å². The first-order valence-corrected chi connectivity index (χ1v) is 9.05. The van der Waals surface area contributed by atoms with Crippen molar-refractivity contribution in [3.05, 3.63) is 24.3 Å². The SMILES string of the molecule is CCCS(=O)(=O)Nc1cccc(NC(=O)[C@@H](N)CC(C)C)c1. The van der Waals surface area contributed by atoms with E-state index in [-0.39, 0.29) is 11.7 Å². The fourth-order valence-corrected chi connectivity index (χ4v) is 3.14. The fourth-order valence-electron chi connectivity index (χ4n) is 2.01. The molecule has 0 spiro atoms. The topological polar surface area (TPSA) is 101 Å². The maximum Gasteiger partial charge on any atom is 0.241 e. The number of anilines is 2. The van der Waals surface area contributed by atoms with Crippen LogP contribution in [0.1, 0.15) is 33.6 Å². The number of nitrogens with one attached hydrogen (secondary N) is 2. The van der Waals surface area contributed by atoms with E-state index in [1.54, 1.807) is 31.2 Å². The molecule has 0 aliphatic carbocycles. The first kappa shape index (κ1) is 18.4. The van der Waals surface area contributed by atoms with E-state index in [1.165, 1.54) is 0 Å². The van der Waals surface area contributed by atoms with Crippen LogP contribution < -0.4 is 15.8 Å². The van der Waals surface area contributed by atoms with Crippen molar-refractivity contribution in [2.45, 2.75) is 39.7 Å². The maximum absolute atomic E-state index is 12.0. The highest BCUT2D eigenvalue weighted by atomic mass is 32.2. The normalized spacial score (nSPS) is 13.0. The summed E-state index contributed by atoms with van der Waals surface area (Å²) >= 11 is 0. The molecule has 0 saturated carbocycles. The zero-order valence-corrected chi connectivity index (χ0v) is 14.1. The Hall–Kier alpha value is -1.60. The molecule has 0 aromatic heterocycles. The summed E-state index contributed by atoms with van der Waals surface area (Å²) in [4.78, 5) is 12.0. The third-order valence-corrected chi connectivity index (χ3v) is 4.43. The second-order valence-corrected chi connectivity index (χ2v) is 7.57. The van der Waals surface area contributed by atoms with Gasteiger partial charge in [-0.25, -0.2) is 8.42 Å². The number of rotatable bonds is 8. The summed E-state index contributed by atoms with van der Waals surface area (Å²) in [5, 5.41) is 2.71. The molecule has 6 nitrogen and oxygen atoms in total. The zero-order valence-electron chi connectivity index (χ0n) is 13.3. The molecule has 124 valence electrons. The van der Waals surface area contributed by atoms with Crippen LogP contribution in [-0.4, -0.2) is 26.1 Å². The van der Waals surface area contributed by atoms with Crippen LogP contribution in [0.4, 0.5) is 11.4 Å². The Kier molecular flexibility index (Phi) is 6.83. The quantitative estimate of drug-likeness (QED) is 0.681. The Morgan fingerprint density at radius 3 is 2.50 bits per heavy atom. The average Bonchev–Trinajstić information content (AvgIpc) is 2.37. The van der Waals surface area contributed by atoms with Crippen molar-refractivity contribution < 1.29 is 13.2 Å². The second kappa shape index (κ2) is 8.14. The monoisotopic (exact) mass is 327 g/mol. The lowest BCUT2D eigenvalue weighted by Crippen LogP contribution is -2.36. The predicted octanol–water partition coefficient (Wildman–Crippen LogP) is 2.15. The van der Waals surface area contributed by atoms with Gasteiger partial charge in [-0.3, -0.25) is 9.52 Å². The third-order valence-electron chi connectivity index (χ3n) is 2.94. The van der Waals surface area contributed by atoms with E-state index in [0.717, 1.165) is 0 Å². The van der Waals surface area contributed by atoms with Gasteiger partial charge < -0.3 is 11.1 Å². The number of amides is 1. The number of nitrogens with two attached hydrogens (primary N) is 1. The first-order valence-electron chi connectivity index (χ1n) is 7.40. The molecule has 1 aromatic rings. The molecule has 0 bridgehead atoms. The third kappa shape index (κ3) is 6.44. The molecule has 7 heteroatoms. The van der Waals surface area contributed by atoms with Crippen LogP contribution >= 0.6 is 0 Å². The number of sulfonamides is 1. The van der Waals surface area contributed by atoms with Gasteiger partial charge in [0.2, 0.25) is 15.9 Å². The number of benzene rings is 1. The summed E-state index contributed by atoms with van der Waals surface area (Å²) in [5.74, 6) is 0.109. The molecule has 22 heavy (non-hydrogen) atoms. The molecule has 0 fully saturated rings. The van der Waals surface area contributed by atoms with Crippen molar-refractivity contribution in [1.29, 1.82) is 0 Å². The van der Waals surface area contributed by atoms with Gasteiger partial charge in [0, 0.05) is 5.69 Å². The summed E-state index contributed by atoms with van der Waals surface area (Å²) in [6.45, 7) is 5.79. The molecule has 0 aliphatic heterocycles. The number of hydrogen-bond acceptors (Lipinski definition) is 4. The molecular weight excluding hydrogens is 302 g/mol. The Bertz CT molecular complexity index is 600. The summed E-state index contributed by atoms with van der Waals surface area (Å²) in [6, 6.07) is 6.00. The van der Waals surface area contributed by atoms with Gasteiger partial charge in [-0.2, -0.15) is 0 Å². The lowest BCUT2D eigenvalue weighted by atomic mass is 10.0. The minimum atomic E-state index is -3.35. The Morgan fingerprint density at radius 2 is 1.91 bits per heavy atom. The van der Waals surface area contributed by atoms with Crippen molar-refractivity contribution in [2.75, 3.05) is 15.8 Å². The number of carbonyl (C=O) groups excluding carboxylic acids is 1. The van der Waals surface area contributed by atoms with Crippen molar-refractivity contribution in [2.24, 2.45) is 11.7 Å². The zero-order chi connectivity index (χ0) is 16.8. The van der Waals surface area contributed by atoms with Crippen LogP contribution in [0.15, 0.2) is 24.3 Å². The molecule has 1 aromatic carbocycles. The van der Waals surface area contributed by atoms with Gasteiger partial charge in [0.15, 0.2) is 0 Å². The maximum atomic E-state index is 12.0. The smallest absolute Gasteiger partial charge is 0.241 e. The van der Waals surface area contributed by atoms with Crippen LogP contribution in [0.25, 0.3) is 0 Å². The molecule has 0 heterocycles. The van der Waals surface area contributed by atoms with E-state index >= 15 is 0 Å². The van der Waals surface area contributed by atoms with E-state index in [9.17, 15) is 13.2 Å². The van der Waals surface area contributed by atoms with Crippen molar-refractivity contribution in [3.63, 3.8) is 0 Å². The average molecular weight is 327 g/mol. The molecule has 0 aliphatic rings. The largest absolute Gasteiger partial charge is 0.325 e. The van der Waals surface area contributed by atoms with Crippen LogP contribution in [-0.2, 0) is 14.8 Å². The van der Waals surface area contributed by atoms with E-state index < -0.39 is 16.1 Å². The van der Waals surface area contributed by atoms with E-state index in [4.69, 9.17) is 5.73 Å². The van der Waals surface area contributed by atoms with Crippen molar-refractivity contribution >= 4 is 27.3 Å². The fraction of sp³-hybridized carbons (Fsp3) is 0.533. The van der Waals surface area contributed by atoms with Crippen molar-refractivity contribution in [1.82, 2.24) is 0 Å². The molecule has 1 rings (SSSR count). The molecular formula is C15H25N3O3S. The van der Waals surface area contributed by atoms with Crippen LogP contribution in [0.5, 0.6) is 0 Å². The summed E-state index contributed by atoms with van der Waals surface area (Å²) in [7, 11) is -3.35. The molecule has 1 atom stereocenters. The summed E-state index contributed by atoms with van der Waals surface area (Å²) in [5.41, 5.74) is 6.76. The van der Waals surface area contributed by atoms with Gasteiger partial charge in [-0.05, 0) is 37.0 Å². The Morgan fingerprint density at radius 1 is 1.27 bits per heavy atom. The molecule has 0 unspecified atom stereocenters. The number of carbonyl (C=O) groups is 1. The number of hydrogen-bond donors (Lipinski definition) is 3. The minimum absolute atomic E-state index is 0.0584. The van der Waals surface area contributed by atoms with Crippen molar-refractivity contribution in [3.8, 4) is 0 Å². The molecule has 4 N–H and O–H groups in total. The molecule has 0 saturated heterocycles. The summed E-state index contributed by atoms with van der Waals surface area (Å²) in [6.07, 6.45) is 1.13. The van der Waals surface area contributed by atoms with Crippen LogP contribution in [0.2, 0.25) is 0 Å². The van der Waals surface area contributed by atoms with Gasteiger partial charge in [0.05, 0.1) is 17.5 Å². The highest BCUT2D eigenvalue weighted by Gasteiger charge is 2.15. The lowest BCUT2D eigenvalue weighted by molar-refractivity contribution is -0.117. The van der Waals surface area contributed by atoms with E-state index in [0.29, 0.717) is 30.1 Å². The predicted molar refractivity (Wildman–Crippen MR) is 90.2 cm³/mol. The van der Waals surface area contributed by atoms with Crippen LogP contribution in [0, 0.1) is 5.92 Å². The highest BCUT2D eigenvalue weighted by molar-refractivity contribution is 7.92. The second-order valence-electron chi connectivity index (χ2n) is 5.73. The Balaban J connectivity index is 2.74. The van der Waals surface area contributed by atoms with Gasteiger partial charge in [0.1, 0.15) is 0 Å². The van der Waals surface area contributed by atoms with E-state index in [1.807, 2.05) is 13.8 Å². The minimum Gasteiger partial charge on any atom is -0.325 e.